The Kier molecular flexibility index (Phi) is 5.75. The molecule has 0 radical (unpaired) electrons. The van der Waals surface area contributed by atoms with Crippen LogP contribution in [0.5, 0.6) is 0 Å². The summed E-state index contributed by atoms with van der Waals surface area (Å²) in [5.41, 5.74) is 0.316. The summed E-state index contributed by atoms with van der Waals surface area (Å²) in [7, 11) is -3.63. The number of hydrogen-bond donors (Lipinski definition) is 2. The van der Waals surface area contributed by atoms with Crippen LogP contribution in [-0.2, 0) is 14.6 Å². The van der Waals surface area contributed by atoms with Gasteiger partial charge < -0.3 is 10.4 Å². The Morgan fingerprint density at radius 2 is 1.54 bits per heavy atom. The van der Waals surface area contributed by atoms with E-state index in [1.165, 1.54) is 12.1 Å². The minimum atomic E-state index is -3.63. The number of aliphatic carboxylic acids is 1. The van der Waals surface area contributed by atoms with Crippen LogP contribution < -0.4 is 5.32 Å². The highest BCUT2D eigenvalue weighted by molar-refractivity contribution is 7.91. The first-order chi connectivity index (χ1) is 13.4. The fraction of sp³-hybridized carbons (Fsp3) is 0.143. The van der Waals surface area contributed by atoms with E-state index in [1.54, 1.807) is 36.4 Å². The van der Waals surface area contributed by atoms with Crippen molar-refractivity contribution in [2.24, 2.45) is 0 Å². The highest BCUT2D eigenvalue weighted by Gasteiger charge is 2.24. The first kappa shape index (κ1) is 19.6. The van der Waals surface area contributed by atoms with Gasteiger partial charge in [0.05, 0.1) is 10.6 Å². The molecule has 1 amide bonds. The quantitative estimate of drug-likeness (QED) is 0.638. The zero-order chi connectivity index (χ0) is 20.1. The van der Waals surface area contributed by atoms with E-state index in [0.29, 0.717) is 5.56 Å². The lowest BCUT2D eigenvalue weighted by molar-refractivity contribution is -0.139. The number of fused-ring (bicyclic) bond motifs is 1. The molecule has 0 fully saturated rings. The number of carbonyl (C=O) groups is 2. The number of benzene rings is 3. The molecule has 0 aromatic heterocycles. The molecule has 6 nitrogen and oxygen atoms in total. The van der Waals surface area contributed by atoms with Crippen molar-refractivity contribution in [2.75, 3.05) is 5.75 Å². The van der Waals surface area contributed by atoms with Crippen LogP contribution in [0.15, 0.2) is 77.7 Å². The third-order valence-electron chi connectivity index (χ3n) is 4.39. The Morgan fingerprint density at radius 3 is 2.21 bits per heavy atom. The third kappa shape index (κ3) is 4.55. The first-order valence-electron chi connectivity index (χ1n) is 8.67. The van der Waals surface area contributed by atoms with Gasteiger partial charge in [0.25, 0.3) is 5.91 Å². The topological polar surface area (TPSA) is 101 Å². The zero-order valence-electron chi connectivity index (χ0n) is 14.9. The molecule has 3 aromatic carbocycles. The molecule has 2 N–H and O–H groups in total. The van der Waals surface area contributed by atoms with Gasteiger partial charge >= 0.3 is 5.97 Å². The third-order valence-corrected chi connectivity index (χ3v) is 6.16. The number of rotatable bonds is 7. The lowest BCUT2D eigenvalue weighted by Gasteiger charge is -2.15. The zero-order valence-corrected chi connectivity index (χ0v) is 15.7. The SMILES string of the molecule is O=C(N[C@H](CCS(=O)(=O)c1ccccc1)C(=O)O)c1ccc2ccccc2c1. The minimum absolute atomic E-state index is 0.125. The van der Waals surface area contributed by atoms with Gasteiger partial charge in [0.2, 0.25) is 0 Å². The van der Waals surface area contributed by atoms with E-state index in [4.69, 9.17) is 0 Å². The van der Waals surface area contributed by atoms with Gasteiger partial charge in [-0.25, -0.2) is 13.2 Å². The van der Waals surface area contributed by atoms with Crippen molar-refractivity contribution in [3.05, 3.63) is 78.4 Å². The van der Waals surface area contributed by atoms with Crippen molar-refractivity contribution >= 4 is 32.5 Å². The molecular formula is C21H19NO5S. The van der Waals surface area contributed by atoms with Crippen molar-refractivity contribution in [1.29, 1.82) is 0 Å². The van der Waals surface area contributed by atoms with E-state index in [9.17, 15) is 23.1 Å². The number of nitrogens with one attached hydrogen (secondary N) is 1. The Labute approximate surface area is 162 Å². The lowest BCUT2D eigenvalue weighted by atomic mass is 10.1. The van der Waals surface area contributed by atoms with Gasteiger partial charge in [0, 0.05) is 5.56 Å². The highest BCUT2D eigenvalue weighted by Crippen LogP contribution is 2.16. The summed E-state index contributed by atoms with van der Waals surface area (Å²) in [6.45, 7) is 0. The van der Waals surface area contributed by atoms with Crippen molar-refractivity contribution in [3.63, 3.8) is 0 Å². The van der Waals surface area contributed by atoms with Crippen molar-refractivity contribution < 1.29 is 23.1 Å². The van der Waals surface area contributed by atoms with Gasteiger partial charge in [-0.2, -0.15) is 0 Å². The summed E-state index contributed by atoms with van der Waals surface area (Å²) in [5, 5.41) is 13.6. The number of hydrogen-bond acceptors (Lipinski definition) is 4. The van der Waals surface area contributed by atoms with Crippen molar-refractivity contribution in [1.82, 2.24) is 5.32 Å². The van der Waals surface area contributed by atoms with E-state index in [2.05, 4.69) is 5.32 Å². The summed E-state index contributed by atoms with van der Waals surface area (Å²) in [5.74, 6) is -2.22. The summed E-state index contributed by atoms with van der Waals surface area (Å²) in [6.07, 6.45) is -0.230. The molecule has 0 heterocycles. The Balaban J connectivity index is 1.71. The molecule has 0 saturated heterocycles. The predicted octanol–water partition coefficient (Wildman–Crippen LogP) is 2.89. The van der Waals surface area contributed by atoms with E-state index in [0.717, 1.165) is 10.8 Å². The van der Waals surface area contributed by atoms with Gasteiger partial charge in [-0.1, -0.05) is 48.5 Å². The summed E-state index contributed by atoms with van der Waals surface area (Å²) < 4.78 is 24.7. The maximum Gasteiger partial charge on any atom is 0.326 e. The van der Waals surface area contributed by atoms with Gasteiger partial charge in [0.15, 0.2) is 9.84 Å². The number of sulfone groups is 1. The van der Waals surface area contributed by atoms with Crippen LogP contribution in [0, 0.1) is 0 Å². The van der Waals surface area contributed by atoms with E-state index in [-0.39, 0.29) is 17.1 Å². The molecule has 3 aromatic rings. The molecule has 144 valence electrons. The molecule has 0 spiro atoms. The van der Waals surface area contributed by atoms with Gasteiger partial charge in [-0.15, -0.1) is 0 Å². The molecule has 0 aliphatic heterocycles. The average Bonchev–Trinajstić information content (AvgIpc) is 2.71. The molecule has 7 heteroatoms. The fourth-order valence-corrected chi connectivity index (χ4v) is 4.20. The second kappa shape index (κ2) is 8.22. The summed E-state index contributed by atoms with van der Waals surface area (Å²) >= 11 is 0. The van der Waals surface area contributed by atoms with E-state index in [1.807, 2.05) is 24.3 Å². The Morgan fingerprint density at radius 1 is 0.893 bits per heavy atom. The second-order valence-electron chi connectivity index (χ2n) is 6.35. The molecular weight excluding hydrogens is 378 g/mol. The van der Waals surface area contributed by atoms with E-state index < -0.39 is 27.8 Å². The Hall–Kier alpha value is -3.19. The van der Waals surface area contributed by atoms with Crippen LogP contribution in [0.2, 0.25) is 0 Å². The lowest BCUT2D eigenvalue weighted by Crippen LogP contribution is -2.41. The van der Waals surface area contributed by atoms with Crippen LogP contribution in [-0.4, -0.2) is 37.2 Å². The van der Waals surface area contributed by atoms with Gasteiger partial charge in [-0.3, -0.25) is 4.79 Å². The van der Waals surface area contributed by atoms with Crippen LogP contribution in [0.25, 0.3) is 10.8 Å². The predicted molar refractivity (Wildman–Crippen MR) is 106 cm³/mol. The number of amides is 1. The van der Waals surface area contributed by atoms with Crippen LogP contribution in [0.4, 0.5) is 0 Å². The van der Waals surface area contributed by atoms with E-state index >= 15 is 0 Å². The van der Waals surface area contributed by atoms with Crippen molar-refractivity contribution in [2.45, 2.75) is 17.4 Å². The normalized spacial score (nSPS) is 12.4. The van der Waals surface area contributed by atoms with Crippen LogP contribution in [0.3, 0.4) is 0 Å². The molecule has 3 rings (SSSR count). The molecule has 1 atom stereocenters. The summed E-state index contributed by atoms with van der Waals surface area (Å²) in [6, 6.07) is 19.1. The highest BCUT2D eigenvalue weighted by atomic mass is 32.2. The Bertz CT molecular complexity index is 1110. The standard InChI is InChI=1S/C21H19NO5S/c23-20(17-11-10-15-6-4-5-7-16(15)14-17)22-19(21(24)25)12-13-28(26,27)18-8-2-1-3-9-18/h1-11,14,19H,12-13H2,(H,22,23)(H,24,25)/t19-/m1/s1. The molecule has 0 unspecified atom stereocenters. The van der Waals surface area contributed by atoms with Gasteiger partial charge in [-0.05, 0) is 41.5 Å². The maximum atomic E-state index is 12.5. The largest absolute Gasteiger partial charge is 0.480 e. The maximum absolute atomic E-state index is 12.5. The average molecular weight is 397 g/mol. The number of carbonyl (C=O) groups excluding carboxylic acids is 1. The van der Waals surface area contributed by atoms with Crippen LogP contribution >= 0.6 is 0 Å². The smallest absolute Gasteiger partial charge is 0.326 e. The molecule has 0 bridgehead atoms. The van der Waals surface area contributed by atoms with Crippen LogP contribution in [0.1, 0.15) is 16.8 Å². The van der Waals surface area contributed by atoms with Gasteiger partial charge in [0.1, 0.15) is 6.04 Å². The minimum Gasteiger partial charge on any atom is -0.480 e. The number of carboxylic acids is 1. The summed E-state index contributed by atoms with van der Waals surface area (Å²) in [4.78, 5) is 24.1. The molecule has 28 heavy (non-hydrogen) atoms. The molecule has 0 aliphatic rings. The molecule has 0 saturated carbocycles. The number of carboxylic acid groups (broad SMARTS) is 1. The first-order valence-corrected chi connectivity index (χ1v) is 10.3. The monoisotopic (exact) mass is 397 g/mol. The second-order valence-corrected chi connectivity index (χ2v) is 8.46. The fourth-order valence-electron chi connectivity index (χ4n) is 2.85. The molecule has 0 aliphatic carbocycles. The van der Waals surface area contributed by atoms with Crippen molar-refractivity contribution in [3.8, 4) is 0 Å².